The quantitative estimate of drug-likeness (QED) is 0.762. The van der Waals surface area contributed by atoms with Gasteiger partial charge in [0.25, 0.3) is 5.56 Å². The number of aromatic nitrogens is 2. The average Bonchev–Trinajstić information content (AvgIpc) is 2.95. The Labute approximate surface area is 149 Å². The Morgan fingerprint density at radius 1 is 1.16 bits per heavy atom. The molecular weight excluding hydrogens is 338 g/mol. The molecule has 0 saturated carbocycles. The molecule has 0 atom stereocenters. The number of nitrogens with zero attached hydrogens (tertiary/aromatic N) is 2. The number of hydrogen-bond donors (Lipinski definition) is 1. The SMILES string of the molecule is CC1(C)COC(c2cncc(-c3cc4cc(Cl)ccc4[nH]c3=O)c2)=N1. The van der Waals surface area contributed by atoms with Gasteiger partial charge in [-0.3, -0.25) is 9.78 Å². The van der Waals surface area contributed by atoms with Crippen molar-refractivity contribution in [1.82, 2.24) is 9.97 Å². The van der Waals surface area contributed by atoms with Crippen molar-refractivity contribution in [2.75, 3.05) is 6.61 Å². The summed E-state index contributed by atoms with van der Waals surface area (Å²) in [4.78, 5) is 24.2. The molecule has 0 spiro atoms. The van der Waals surface area contributed by atoms with E-state index in [-0.39, 0.29) is 11.1 Å². The van der Waals surface area contributed by atoms with Crippen LogP contribution in [0.1, 0.15) is 19.4 Å². The van der Waals surface area contributed by atoms with E-state index in [1.807, 2.05) is 32.0 Å². The Morgan fingerprint density at radius 3 is 2.72 bits per heavy atom. The Balaban J connectivity index is 1.83. The van der Waals surface area contributed by atoms with Crippen LogP contribution in [0.4, 0.5) is 0 Å². The number of aliphatic imine (C=N–C) groups is 1. The lowest BCUT2D eigenvalue weighted by molar-refractivity contribution is 0.279. The normalized spacial score (nSPS) is 15.9. The number of nitrogens with one attached hydrogen (secondary N) is 1. The molecule has 0 radical (unpaired) electrons. The predicted molar refractivity (Wildman–Crippen MR) is 99.4 cm³/mol. The third-order valence-corrected chi connectivity index (χ3v) is 4.30. The van der Waals surface area contributed by atoms with Gasteiger partial charge >= 0.3 is 0 Å². The smallest absolute Gasteiger partial charge is 0.256 e. The largest absolute Gasteiger partial charge is 0.475 e. The van der Waals surface area contributed by atoms with Gasteiger partial charge in [0.1, 0.15) is 6.61 Å². The van der Waals surface area contributed by atoms with Crippen molar-refractivity contribution in [3.8, 4) is 11.1 Å². The molecule has 1 N–H and O–H groups in total. The lowest BCUT2D eigenvalue weighted by Crippen LogP contribution is -2.17. The van der Waals surface area contributed by atoms with E-state index < -0.39 is 0 Å². The fourth-order valence-electron chi connectivity index (χ4n) is 2.83. The molecule has 0 aliphatic carbocycles. The van der Waals surface area contributed by atoms with Crippen LogP contribution in [-0.4, -0.2) is 28.0 Å². The van der Waals surface area contributed by atoms with Gasteiger partial charge in [0.2, 0.25) is 5.90 Å². The Hall–Kier alpha value is -2.66. The van der Waals surface area contributed by atoms with Crippen LogP contribution in [0.5, 0.6) is 0 Å². The topological polar surface area (TPSA) is 67.3 Å². The van der Waals surface area contributed by atoms with Crippen molar-refractivity contribution < 1.29 is 4.74 Å². The zero-order chi connectivity index (χ0) is 17.6. The second-order valence-corrected chi connectivity index (χ2v) is 7.16. The molecule has 2 aromatic heterocycles. The Morgan fingerprint density at radius 2 is 1.96 bits per heavy atom. The zero-order valence-corrected chi connectivity index (χ0v) is 14.6. The van der Waals surface area contributed by atoms with E-state index in [4.69, 9.17) is 16.3 Å². The fraction of sp³-hybridized carbons (Fsp3) is 0.211. The predicted octanol–water partition coefficient (Wildman–Crippen LogP) is 3.80. The van der Waals surface area contributed by atoms with Crippen molar-refractivity contribution in [3.05, 3.63) is 63.7 Å². The summed E-state index contributed by atoms with van der Waals surface area (Å²) >= 11 is 6.06. The molecule has 1 aliphatic heterocycles. The summed E-state index contributed by atoms with van der Waals surface area (Å²) in [6, 6.07) is 9.05. The molecule has 5 nitrogen and oxygen atoms in total. The van der Waals surface area contributed by atoms with E-state index in [9.17, 15) is 4.79 Å². The monoisotopic (exact) mass is 353 g/mol. The van der Waals surface area contributed by atoms with E-state index in [1.54, 1.807) is 24.5 Å². The van der Waals surface area contributed by atoms with Gasteiger partial charge in [-0.25, -0.2) is 4.99 Å². The van der Waals surface area contributed by atoms with Gasteiger partial charge in [0.15, 0.2) is 0 Å². The number of H-pyrrole nitrogens is 1. The van der Waals surface area contributed by atoms with E-state index in [0.717, 1.165) is 16.5 Å². The summed E-state index contributed by atoms with van der Waals surface area (Å²) in [5, 5.41) is 1.48. The van der Waals surface area contributed by atoms with Gasteiger partial charge in [-0.15, -0.1) is 0 Å². The molecular formula is C19H16ClN3O2. The highest BCUT2D eigenvalue weighted by molar-refractivity contribution is 6.31. The number of fused-ring (bicyclic) bond motifs is 1. The third-order valence-electron chi connectivity index (χ3n) is 4.07. The van der Waals surface area contributed by atoms with E-state index in [2.05, 4.69) is 15.0 Å². The molecule has 4 rings (SSSR count). The highest BCUT2D eigenvalue weighted by atomic mass is 35.5. The standard InChI is InChI=1S/C19H16ClN3O2/c1-19(2)10-25-18(23-19)13-5-12(8-21-9-13)15-7-11-6-14(20)3-4-16(11)22-17(15)24/h3-9H,10H2,1-2H3,(H,22,24). The van der Waals surface area contributed by atoms with Gasteiger partial charge < -0.3 is 9.72 Å². The van der Waals surface area contributed by atoms with Gasteiger partial charge in [0, 0.05) is 39.4 Å². The fourth-order valence-corrected chi connectivity index (χ4v) is 3.01. The van der Waals surface area contributed by atoms with E-state index in [1.165, 1.54) is 0 Å². The number of ether oxygens (including phenoxy) is 1. The molecule has 1 aliphatic rings. The van der Waals surface area contributed by atoms with Gasteiger partial charge in [-0.05, 0) is 44.2 Å². The minimum absolute atomic E-state index is 0.177. The van der Waals surface area contributed by atoms with Crippen LogP contribution in [0.25, 0.3) is 22.0 Å². The minimum Gasteiger partial charge on any atom is -0.475 e. The van der Waals surface area contributed by atoms with Crippen LogP contribution in [0.15, 0.2) is 52.5 Å². The summed E-state index contributed by atoms with van der Waals surface area (Å²) in [5.41, 5.74) is 2.31. The maximum atomic E-state index is 12.5. The van der Waals surface area contributed by atoms with Gasteiger partial charge in [0.05, 0.1) is 11.1 Å². The van der Waals surface area contributed by atoms with Crippen LogP contribution in [0.3, 0.4) is 0 Å². The molecule has 25 heavy (non-hydrogen) atoms. The maximum absolute atomic E-state index is 12.5. The second kappa shape index (κ2) is 5.70. The lowest BCUT2D eigenvalue weighted by Gasteiger charge is -2.07. The second-order valence-electron chi connectivity index (χ2n) is 6.72. The first-order valence-electron chi connectivity index (χ1n) is 7.92. The number of hydrogen-bond acceptors (Lipinski definition) is 4. The highest BCUT2D eigenvalue weighted by Crippen LogP contribution is 2.25. The summed E-state index contributed by atoms with van der Waals surface area (Å²) in [6.45, 7) is 4.55. The van der Waals surface area contributed by atoms with Crippen molar-refractivity contribution in [3.63, 3.8) is 0 Å². The van der Waals surface area contributed by atoms with Crippen LogP contribution in [-0.2, 0) is 4.74 Å². The van der Waals surface area contributed by atoms with Crippen LogP contribution in [0.2, 0.25) is 5.02 Å². The molecule has 126 valence electrons. The number of benzene rings is 1. The first-order valence-corrected chi connectivity index (χ1v) is 8.30. The van der Waals surface area contributed by atoms with Gasteiger partial charge in [-0.2, -0.15) is 0 Å². The van der Waals surface area contributed by atoms with Crippen molar-refractivity contribution >= 4 is 28.4 Å². The number of pyridine rings is 2. The maximum Gasteiger partial charge on any atom is 0.256 e. The van der Waals surface area contributed by atoms with E-state index >= 15 is 0 Å². The average molecular weight is 354 g/mol. The number of halogens is 1. The Bertz CT molecular complexity index is 1070. The molecule has 1 aromatic carbocycles. The summed E-state index contributed by atoms with van der Waals surface area (Å²) < 4.78 is 5.67. The summed E-state index contributed by atoms with van der Waals surface area (Å²) in [6.07, 6.45) is 3.35. The molecule has 3 aromatic rings. The third kappa shape index (κ3) is 3.03. The Kier molecular flexibility index (Phi) is 3.62. The van der Waals surface area contributed by atoms with Gasteiger partial charge in [-0.1, -0.05) is 11.6 Å². The van der Waals surface area contributed by atoms with Crippen LogP contribution in [0, 0.1) is 0 Å². The highest BCUT2D eigenvalue weighted by Gasteiger charge is 2.27. The molecule has 0 saturated heterocycles. The first kappa shape index (κ1) is 15.8. The molecule has 0 amide bonds. The molecule has 0 fully saturated rings. The van der Waals surface area contributed by atoms with Crippen molar-refractivity contribution in [2.45, 2.75) is 19.4 Å². The summed E-state index contributed by atoms with van der Waals surface area (Å²) in [7, 11) is 0. The minimum atomic E-state index is -0.248. The van der Waals surface area contributed by atoms with E-state index in [0.29, 0.717) is 28.7 Å². The lowest BCUT2D eigenvalue weighted by atomic mass is 10.1. The number of rotatable bonds is 2. The van der Waals surface area contributed by atoms with Crippen molar-refractivity contribution in [1.29, 1.82) is 0 Å². The number of aromatic amines is 1. The molecule has 6 heteroatoms. The van der Waals surface area contributed by atoms with Crippen LogP contribution >= 0.6 is 11.6 Å². The zero-order valence-electron chi connectivity index (χ0n) is 13.8. The van der Waals surface area contributed by atoms with Crippen molar-refractivity contribution in [2.24, 2.45) is 4.99 Å². The molecule has 0 unspecified atom stereocenters. The molecule has 3 heterocycles. The first-order chi connectivity index (χ1) is 11.9. The molecule has 0 bridgehead atoms. The summed E-state index contributed by atoms with van der Waals surface area (Å²) in [5.74, 6) is 0.555. The van der Waals surface area contributed by atoms with Crippen LogP contribution < -0.4 is 5.56 Å².